The van der Waals surface area contributed by atoms with E-state index in [1.54, 1.807) is 36.4 Å². The average Bonchev–Trinajstić information content (AvgIpc) is 3.47. The number of carbonyl (C=O) groups is 2. The molecule has 0 spiro atoms. The molecule has 2 aromatic heterocycles. The normalized spacial score (nSPS) is 11.2. The highest BCUT2D eigenvalue weighted by atomic mass is 16.6. The number of rotatable bonds is 18. The van der Waals surface area contributed by atoms with Gasteiger partial charge in [-0.05, 0) is 66.5 Å². The van der Waals surface area contributed by atoms with Crippen molar-refractivity contribution in [2.24, 2.45) is 0 Å². The van der Waals surface area contributed by atoms with Crippen LogP contribution in [0.15, 0.2) is 56.3 Å². The summed E-state index contributed by atoms with van der Waals surface area (Å²) in [6, 6.07) is 11.6. The van der Waals surface area contributed by atoms with Gasteiger partial charge in [0.1, 0.15) is 27.9 Å². The van der Waals surface area contributed by atoms with Crippen LogP contribution in [0.3, 0.4) is 0 Å². The molecule has 2 N–H and O–H groups in total. The van der Waals surface area contributed by atoms with E-state index in [0.29, 0.717) is 105 Å². The monoisotopic (exact) mass is 582 g/mol. The molecule has 0 unspecified atom stereocenters. The standard InChI is InChI=1S/C29H34N4O9/c1-2-40-22-7-5-20-17-23(29(36)41-26(20)19-22)28(35)31-10-4-12-38-14-16-39-15-13-37-11-3-9-30-27(34)21-6-8-24-25(18-21)33-42-32-24/h5-8,17-19H,2-4,9-16H2,1H3,(H,30,34)(H,31,35). The maximum atomic E-state index is 12.4. The first-order chi connectivity index (χ1) is 20.5. The Morgan fingerprint density at radius 1 is 0.786 bits per heavy atom. The van der Waals surface area contributed by atoms with Gasteiger partial charge in [0, 0.05) is 43.3 Å². The molecule has 4 aromatic rings. The topological polar surface area (TPSA) is 164 Å². The van der Waals surface area contributed by atoms with E-state index in [0.717, 1.165) is 0 Å². The number of aromatic nitrogens is 2. The van der Waals surface area contributed by atoms with Gasteiger partial charge in [0.2, 0.25) is 0 Å². The Labute approximate surface area is 241 Å². The molecular formula is C29H34N4O9. The molecular weight excluding hydrogens is 548 g/mol. The van der Waals surface area contributed by atoms with Gasteiger partial charge in [-0.25, -0.2) is 9.42 Å². The van der Waals surface area contributed by atoms with E-state index >= 15 is 0 Å². The SMILES string of the molecule is CCOc1ccc2cc(C(=O)NCCCOCCOCCOCCCNC(=O)c3ccc4nonc4c3)c(=O)oc2c1. The highest BCUT2D eigenvalue weighted by Crippen LogP contribution is 2.20. The van der Waals surface area contributed by atoms with Gasteiger partial charge in [0.15, 0.2) is 0 Å². The van der Waals surface area contributed by atoms with E-state index in [2.05, 4.69) is 25.6 Å². The fraction of sp³-hybridized carbons (Fsp3) is 0.414. The van der Waals surface area contributed by atoms with E-state index in [4.69, 9.17) is 23.4 Å². The number of carbonyl (C=O) groups excluding carboxylic acids is 2. The fourth-order valence-corrected chi connectivity index (χ4v) is 3.92. The molecule has 0 aliphatic rings. The van der Waals surface area contributed by atoms with E-state index in [1.807, 2.05) is 6.92 Å². The highest BCUT2D eigenvalue weighted by Gasteiger charge is 2.14. The van der Waals surface area contributed by atoms with Crippen LogP contribution >= 0.6 is 0 Å². The van der Waals surface area contributed by atoms with Crippen molar-refractivity contribution in [2.75, 3.05) is 59.3 Å². The number of nitrogens with one attached hydrogen (secondary N) is 2. The summed E-state index contributed by atoms with van der Waals surface area (Å²) in [6.07, 6.45) is 1.24. The number of hydrogen-bond acceptors (Lipinski definition) is 11. The maximum Gasteiger partial charge on any atom is 0.349 e. The van der Waals surface area contributed by atoms with Gasteiger partial charge in [-0.15, -0.1) is 0 Å². The molecule has 0 aliphatic carbocycles. The molecule has 0 bridgehead atoms. The lowest BCUT2D eigenvalue weighted by Crippen LogP contribution is -2.29. The third-order valence-corrected chi connectivity index (χ3v) is 6.03. The van der Waals surface area contributed by atoms with Gasteiger partial charge in [-0.3, -0.25) is 9.59 Å². The van der Waals surface area contributed by atoms with Crippen LogP contribution in [0.4, 0.5) is 0 Å². The van der Waals surface area contributed by atoms with Crippen LogP contribution in [-0.4, -0.2) is 81.5 Å². The second-order valence-electron chi connectivity index (χ2n) is 9.10. The Morgan fingerprint density at radius 3 is 2.17 bits per heavy atom. The van der Waals surface area contributed by atoms with Gasteiger partial charge < -0.3 is 34.0 Å². The first-order valence-corrected chi connectivity index (χ1v) is 13.8. The van der Waals surface area contributed by atoms with Crippen LogP contribution in [0.1, 0.15) is 40.5 Å². The summed E-state index contributed by atoms with van der Waals surface area (Å²) in [5.41, 5.74) is 1.24. The van der Waals surface area contributed by atoms with Crippen LogP contribution in [-0.2, 0) is 14.2 Å². The summed E-state index contributed by atoms with van der Waals surface area (Å²) in [7, 11) is 0. The molecule has 13 nitrogen and oxygen atoms in total. The number of fused-ring (bicyclic) bond motifs is 2. The maximum absolute atomic E-state index is 12.4. The predicted molar refractivity (Wildman–Crippen MR) is 152 cm³/mol. The Hall–Kier alpha value is -4.33. The lowest BCUT2D eigenvalue weighted by atomic mass is 10.1. The minimum absolute atomic E-state index is 0.0488. The van der Waals surface area contributed by atoms with E-state index in [1.165, 1.54) is 6.07 Å². The van der Waals surface area contributed by atoms with Gasteiger partial charge >= 0.3 is 5.63 Å². The summed E-state index contributed by atoms with van der Waals surface area (Å²) in [5, 5.41) is 13.6. The molecule has 4 rings (SSSR count). The van der Waals surface area contributed by atoms with Crippen molar-refractivity contribution in [3.63, 3.8) is 0 Å². The zero-order valence-electron chi connectivity index (χ0n) is 23.4. The Balaban J connectivity index is 0.968. The summed E-state index contributed by atoms with van der Waals surface area (Å²) in [4.78, 5) is 36.9. The molecule has 13 heteroatoms. The molecule has 2 heterocycles. The van der Waals surface area contributed by atoms with Crippen LogP contribution in [0, 0.1) is 0 Å². The number of benzene rings is 2. The van der Waals surface area contributed by atoms with Gasteiger partial charge in [0.05, 0.1) is 33.0 Å². The van der Waals surface area contributed by atoms with Crippen molar-refractivity contribution in [3.8, 4) is 5.75 Å². The van der Waals surface area contributed by atoms with Crippen molar-refractivity contribution < 1.29 is 37.6 Å². The van der Waals surface area contributed by atoms with Gasteiger partial charge in [0.25, 0.3) is 11.8 Å². The van der Waals surface area contributed by atoms with Crippen LogP contribution in [0.2, 0.25) is 0 Å². The van der Waals surface area contributed by atoms with Crippen LogP contribution < -0.4 is 21.0 Å². The van der Waals surface area contributed by atoms with E-state index < -0.39 is 11.5 Å². The third-order valence-electron chi connectivity index (χ3n) is 6.03. The van der Waals surface area contributed by atoms with E-state index in [9.17, 15) is 14.4 Å². The summed E-state index contributed by atoms with van der Waals surface area (Å²) < 4.78 is 31.8. The number of hydrogen-bond donors (Lipinski definition) is 2. The van der Waals surface area contributed by atoms with Gasteiger partial charge in [-0.1, -0.05) is 0 Å². The zero-order chi connectivity index (χ0) is 29.6. The Bertz CT molecular complexity index is 1520. The molecule has 2 aromatic carbocycles. The smallest absolute Gasteiger partial charge is 0.349 e. The summed E-state index contributed by atoms with van der Waals surface area (Å²) >= 11 is 0. The zero-order valence-corrected chi connectivity index (χ0v) is 23.4. The summed E-state index contributed by atoms with van der Waals surface area (Å²) in [5.74, 6) is -0.0927. The van der Waals surface area contributed by atoms with Crippen LogP contribution in [0.25, 0.3) is 22.0 Å². The lowest BCUT2D eigenvalue weighted by molar-refractivity contribution is 0.0139. The van der Waals surface area contributed by atoms with Crippen LogP contribution in [0.5, 0.6) is 5.75 Å². The van der Waals surface area contributed by atoms with Crippen molar-refractivity contribution in [2.45, 2.75) is 19.8 Å². The Morgan fingerprint density at radius 2 is 1.45 bits per heavy atom. The first kappa shape index (κ1) is 30.6. The van der Waals surface area contributed by atoms with Crippen molar-refractivity contribution in [1.82, 2.24) is 20.9 Å². The molecule has 0 fully saturated rings. The second kappa shape index (κ2) is 16.2. The minimum Gasteiger partial charge on any atom is -0.494 e. The molecule has 0 saturated heterocycles. The molecule has 2 amide bonds. The average molecular weight is 583 g/mol. The number of nitrogens with zero attached hydrogens (tertiary/aromatic N) is 2. The molecule has 0 radical (unpaired) electrons. The Kier molecular flexibility index (Phi) is 11.8. The molecule has 42 heavy (non-hydrogen) atoms. The van der Waals surface area contributed by atoms with Crippen molar-refractivity contribution in [3.05, 3.63) is 64.0 Å². The quantitative estimate of drug-likeness (QED) is 0.131. The number of ether oxygens (including phenoxy) is 4. The van der Waals surface area contributed by atoms with Gasteiger partial charge in [-0.2, -0.15) is 0 Å². The summed E-state index contributed by atoms with van der Waals surface area (Å²) in [6.45, 7) is 5.81. The molecule has 0 atom stereocenters. The highest BCUT2D eigenvalue weighted by molar-refractivity contribution is 5.97. The van der Waals surface area contributed by atoms with E-state index in [-0.39, 0.29) is 11.5 Å². The first-order valence-electron chi connectivity index (χ1n) is 13.8. The second-order valence-corrected chi connectivity index (χ2v) is 9.10. The fourth-order valence-electron chi connectivity index (χ4n) is 3.92. The number of amides is 2. The molecule has 0 aliphatic heterocycles. The molecule has 0 saturated carbocycles. The predicted octanol–water partition coefficient (Wildman–Crippen LogP) is 2.72. The third kappa shape index (κ3) is 9.09. The molecule has 224 valence electrons. The minimum atomic E-state index is -0.700. The van der Waals surface area contributed by atoms with Crippen molar-refractivity contribution in [1.29, 1.82) is 0 Å². The largest absolute Gasteiger partial charge is 0.494 e. The van der Waals surface area contributed by atoms with Crippen molar-refractivity contribution >= 4 is 33.8 Å². The lowest BCUT2D eigenvalue weighted by Gasteiger charge is -2.08.